The summed E-state index contributed by atoms with van der Waals surface area (Å²) in [5, 5.41) is 3.28. The summed E-state index contributed by atoms with van der Waals surface area (Å²) in [6, 6.07) is 6.62. The van der Waals surface area contributed by atoms with Gasteiger partial charge in [0.1, 0.15) is 10.4 Å². The molecule has 1 fully saturated rings. The van der Waals surface area contributed by atoms with E-state index in [-0.39, 0.29) is 32.9 Å². The van der Waals surface area contributed by atoms with Crippen molar-refractivity contribution in [1.82, 2.24) is 19.8 Å². The van der Waals surface area contributed by atoms with E-state index in [9.17, 15) is 26.4 Å². The number of anilines is 2. The smallest absolute Gasteiger partial charge is 0.340 e. The van der Waals surface area contributed by atoms with Crippen LogP contribution in [0.5, 0.6) is 0 Å². The number of sulfone groups is 1. The lowest BCUT2D eigenvalue weighted by Crippen LogP contribution is -2.29. The number of aromatic nitrogens is 2. The topological polar surface area (TPSA) is 95.5 Å². The predicted octanol–water partition coefficient (Wildman–Crippen LogP) is 5.29. The summed E-state index contributed by atoms with van der Waals surface area (Å²) >= 11 is 7.07. The molecule has 0 unspecified atom stereocenters. The van der Waals surface area contributed by atoms with Gasteiger partial charge in [-0.25, -0.2) is 18.4 Å². The highest BCUT2D eigenvalue weighted by Gasteiger charge is 2.38. The van der Waals surface area contributed by atoms with E-state index in [1.807, 2.05) is 12.1 Å². The van der Waals surface area contributed by atoms with Crippen LogP contribution in [0.1, 0.15) is 39.6 Å². The van der Waals surface area contributed by atoms with E-state index < -0.39 is 33.2 Å². The van der Waals surface area contributed by atoms with Gasteiger partial charge in [-0.15, -0.1) is 11.3 Å². The molecule has 2 aliphatic rings. The number of benzene rings is 1. The molecule has 1 amide bonds. The second-order valence-electron chi connectivity index (χ2n) is 9.75. The number of hydrogen-bond acceptors (Lipinski definition) is 8. The Morgan fingerprint density at radius 2 is 1.85 bits per heavy atom. The Labute approximate surface area is 232 Å². The third kappa shape index (κ3) is 5.63. The lowest BCUT2D eigenvalue weighted by Gasteiger charge is -2.29. The number of nitrogens with zero attached hydrogens (tertiary/aromatic N) is 4. The van der Waals surface area contributed by atoms with E-state index in [0.29, 0.717) is 34.2 Å². The molecule has 0 atom stereocenters. The van der Waals surface area contributed by atoms with Gasteiger partial charge in [-0.2, -0.15) is 13.2 Å². The molecule has 39 heavy (non-hydrogen) atoms. The zero-order valence-corrected chi connectivity index (χ0v) is 23.4. The summed E-state index contributed by atoms with van der Waals surface area (Å²) in [5.41, 5.74) is -0.169. The van der Waals surface area contributed by atoms with Crippen molar-refractivity contribution in [1.29, 1.82) is 0 Å². The Bertz CT molecular complexity index is 1540. The molecule has 8 nitrogen and oxygen atoms in total. The van der Waals surface area contributed by atoms with Crippen LogP contribution in [-0.2, 0) is 16.0 Å². The Morgan fingerprint density at radius 3 is 2.54 bits per heavy atom. The molecule has 5 rings (SSSR count). The normalized spacial score (nSPS) is 18.6. The van der Waals surface area contributed by atoms with Gasteiger partial charge in [0.05, 0.1) is 31.9 Å². The fourth-order valence-corrected chi connectivity index (χ4v) is 7.90. The van der Waals surface area contributed by atoms with E-state index in [0.717, 1.165) is 37.6 Å². The second-order valence-corrected chi connectivity index (χ2v) is 13.3. The van der Waals surface area contributed by atoms with Crippen molar-refractivity contribution in [2.75, 3.05) is 44.8 Å². The molecule has 0 bridgehead atoms. The molecule has 1 aromatic carbocycles. The second kappa shape index (κ2) is 10.3. The van der Waals surface area contributed by atoms with E-state index in [1.54, 1.807) is 6.07 Å². The van der Waals surface area contributed by atoms with E-state index in [1.165, 1.54) is 11.9 Å². The van der Waals surface area contributed by atoms with Crippen molar-refractivity contribution in [2.45, 2.75) is 29.8 Å². The first kappa shape index (κ1) is 27.8. The van der Waals surface area contributed by atoms with Gasteiger partial charge in [0.15, 0.2) is 9.84 Å². The third-order valence-corrected chi connectivity index (χ3v) is 10.3. The first-order valence-corrected chi connectivity index (χ1v) is 15.0. The number of halogens is 4. The molecule has 14 heteroatoms. The van der Waals surface area contributed by atoms with Crippen LogP contribution >= 0.6 is 22.9 Å². The molecular weight excluding hydrogens is 575 g/mol. The number of carbonyl (C=O) groups is 1. The maximum atomic E-state index is 14.0. The monoisotopic (exact) mass is 599 g/mol. The average Bonchev–Trinajstić information content (AvgIpc) is 3.32. The van der Waals surface area contributed by atoms with Crippen molar-refractivity contribution >= 4 is 50.3 Å². The minimum Gasteiger partial charge on any atom is -0.340 e. The number of carbonyl (C=O) groups excluding carboxylic acids is 1. The van der Waals surface area contributed by atoms with Crippen molar-refractivity contribution in [2.24, 2.45) is 0 Å². The highest BCUT2D eigenvalue weighted by molar-refractivity contribution is 7.91. The fourth-order valence-electron chi connectivity index (χ4n) is 4.71. The SMILES string of the molecule is CN1CCC(c2ccc(Cl)c(Nc3ncc(C(F)(F)F)c(-c4cc5c(s4)C(=O)N(C)CCS5(=O)=O)n3)c2)CC1. The van der Waals surface area contributed by atoms with Crippen molar-refractivity contribution in [3.05, 3.63) is 51.5 Å². The first-order valence-electron chi connectivity index (χ1n) is 12.1. The number of rotatable bonds is 4. The van der Waals surface area contributed by atoms with Crippen LogP contribution in [0, 0.1) is 0 Å². The highest BCUT2D eigenvalue weighted by Crippen LogP contribution is 2.42. The van der Waals surface area contributed by atoms with E-state index in [4.69, 9.17) is 11.6 Å². The Morgan fingerprint density at radius 1 is 1.13 bits per heavy atom. The Kier molecular flexibility index (Phi) is 7.38. The van der Waals surface area contributed by atoms with Crippen LogP contribution in [0.2, 0.25) is 5.02 Å². The minimum atomic E-state index is -4.82. The summed E-state index contributed by atoms with van der Waals surface area (Å²) in [6.07, 6.45) is -2.23. The van der Waals surface area contributed by atoms with E-state index >= 15 is 0 Å². The largest absolute Gasteiger partial charge is 0.420 e. The van der Waals surface area contributed by atoms with Gasteiger partial charge in [-0.05, 0) is 62.7 Å². The van der Waals surface area contributed by atoms with Crippen molar-refractivity contribution in [3.8, 4) is 10.6 Å². The molecule has 1 N–H and O–H groups in total. The number of fused-ring (bicyclic) bond motifs is 1. The predicted molar refractivity (Wildman–Crippen MR) is 144 cm³/mol. The molecule has 2 aliphatic heterocycles. The molecular formula is C25H25ClF3N5O3S2. The van der Waals surface area contributed by atoms with Crippen molar-refractivity contribution in [3.63, 3.8) is 0 Å². The van der Waals surface area contributed by atoms with Gasteiger partial charge in [-0.1, -0.05) is 17.7 Å². The first-order chi connectivity index (χ1) is 18.3. The van der Waals surface area contributed by atoms with Crippen molar-refractivity contribution < 1.29 is 26.4 Å². The summed E-state index contributed by atoms with van der Waals surface area (Å²) in [5.74, 6) is -0.717. The molecule has 2 aromatic heterocycles. The van der Waals surface area contributed by atoms with Gasteiger partial charge in [0.25, 0.3) is 5.91 Å². The quantitative estimate of drug-likeness (QED) is 0.435. The van der Waals surface area contributed by atoms with Gasteiger partial charge in [-0.3, -0.25) is 4.79 Å². The molecule has 4 heterocycles. The highest BCUT2D eigenvalue weighted by atomic mass is 35.5. The average molecular weight is 600 g/mol. The van der Waals surface area contributed by atoms with Crippen LogP contribution in [-0.4, -0.2) is 73.6 Å². The van der Waals surface area contributed by atoms with Crippen LogP contribution in [0.25, 0.3) is 10.6 Å². The molecule has 0 radical (unpaired) electrons. The molecule has 0 spiro atoms. The number of likely N-dealkylation sites (tertiary alicyclic amines) is 1. The molecule has 0 aliphatic carbocycles. The van der Waals surface area contributed by atoms with Crippen LogP contribution in [0.15, 0.2) is 35.4 Å². The lowest BCUT2D eigenvalue weighted by molar-refractivity contribution is -0.137. The van der Waals surface area contributed by atoms with Crippen LogP contribution < -0.4 is 5.32 Å². The van der Waals surface area contributed by atoms with Gasteiger partial charge in [0, 0.05) is 19.8 Å². The number of amides is 1. The van der Waals surface area contributed by atoms with Gasteiger partial charge in [0.2, 0.25) is 5.95 Å². The van der Waals surface area contributed by atoms with Crippen LogP contribution in [0.4, 0.5) is 24.8 Å². The maximum Gasteiger partial charge on any atom is 0.420 e. The Balaban J connectivity index is 1.55. The van der Waals surface area contributed by atoms with Gasteiger partial charge < -0.3 is 15.1 Å². The summed E-state index contributed by atoms with van der Waals surface area (Å²) < 4.78 is 67.5. The molecule has 0 saturated carbocycles. The third-order valence-electron chi connectivity index (χ3n) is 7.02. The standard InChI is InChI=1S/C25H25ClF3N5O3S2/c1-33-7-5-14(6-8-33)15-3-4-17(26)18(11-15)31-24-30-13-16(25(27,28)29)21(32-24)19-12-20-22(38-19)23(35)34(2)9-10-39(20,36)37/h3-4,11-14H,5-10H2,1-2H3,(H,30,31,32). The zero-order valence-electron chi connectivity index (χ0n) is 21.0. The maximum absolute atomic E-state index is 14.0. The molecule has 1 saturated heterocycles. The molecule has 3 aromatic rings. The van der Waals surface area contributed by atoms with Crippen LogP contribution in [0.3, 0.4) is 0 Å². The fraction of sp³-hybridized carbons (Fsp3) is 0.400. The van der Waals surface area contributed by atoms with E-state index in [2.05, 4.69) is 27.2 Å². The lowest BCUT2D eigenvalue weighted by atomic mass is 9.89. The summed E-state index contributed by atoms with van der Waals surface area (Å²) in [6.45, 7) is 1.91. The number of thiophene rings is 1. The number of nitrogens with one attached hydrogen (secondary N) is 1. The zero-order chi connectivity index (χ0) is 28.1. The number of piperidine rings is 1. The summed E-state index contributed by atoms with van der Waals surface area (Å²) in [7, 11) is -0.359. The summed E-state index contributed by atoms with van der Waals surface area (Å²) in [4.78, 5) is 23.7. The Hall–Kier alpha value is -2.74. The number of alkyl halides is 3. The minimum absolute atomic E-state index is 0.00927. The molecule has 208 valence electrons. The number of hydrogen-bond donors (Lipinski definition) is 1. The van der Waals surface area contributed by atoms with Gasteiger partial charge >= 0.3 is 6.18 Å².